The van der Waals surface area contributed by atoms with Crippen molar-refractivity contribution in [3.8, 4) is 0 Å². The van der Waals surface area contributed by atoms with Crippen molar-refractivity contribution in [1.29, 1.82) is 0 Å². The third-order valence-electron chi connectivity index (χ3n) is 7.11. The van der Waals surface area contributed by atoms with E-state index in [1.165, 1.54) is 29.5 Å². The topological polar surface area (TPSA) is 52.7 Å². The maximum atomic E-state index is 13.4. The number of carbonyl (C=O) groups excluding carboxylic acids is 2. The molecular weight excluding hydrogens is 511 g/mol. The first-order chi connectivity index (χ1) is 18.2. The molecule has 2 aliphatic rings. The van der Waals surface area contributed by atoms with Crippen molar-refractivity contribution >= 4 is 29.7 Å². The van der Waals surface area contributed by atoms with E-state index in [0.29, 0.717) is 23.6 Å². The molecule has 0 aromatic heterocycles. The molecule has 1 aliphatic carbocycles. The van der Waals surface area contributed by atoms with Crippen molar-refractivity contribution in [1.82, 2.24) is 15.1 Å². The van der Waals surface area contributed by atoms with Gasteiger partial charge in [-0.15, -0.1) is 11.8 Å². The van der Waals surface area contributed by atoms with E-state index in [0.717, 1.165) is 50.8 Å². The molecule has 9 heteroatoms. The Balaban J connectivity index is 1.34. The van der Waals surface area contributed by atoms with E-state index < -0.39 is 11.7 Å². The minimum atomic E-state index is -4.41. The Hall–Kier alpha value is -2.78. The lowest BCUT2D eigenvalue weighted by molar-refractivity contribution is -0.137. The Morgan fingerprint density at radius 1 is 1.08 bits per heavy atom. The van der Waals surface area contributed by atoms with Gasteiger partial charge in [0.05, 0.1) is 10.5 Å². The molecule has 2 atom stereocenters. The molecule has 1 saturated carbocycles. The van der Waals surface area contributed by atoms with Crippen molar-refractivity contribution in [2.75, 3.05) is 33.2 Å². The highest BCUT2D eigenvalue weighted by Crippen LogP contribution is 2.42. The Bertz CT molecular complexity index is 1120. The quantitative estimate of drug-likeness (QED) is 0.439. The number of halogens is 3. The molecular formula is C29H34F3N3O2S. The van der Waals surface area contributed by atoms with Crippen molar-refractivity contribution in [3.05, 3.63) is 76.2 Å². The number of thioether (sulfide) groups is 1. The van der Waals surface area contributed by atoms with Crippen LogP contribution < -0.4 is 5.32 Å². The minimum Gasteiger partial charge on any atom is -0.353 e. The van der Waals surface area contributed by atoms with Crippen LogP contribution in [0.5, 0.6) is 0 Å². The fourth-order valence-corrected chi connectivity index (χ4v) is 6.43. The molecule has 1 aliphatic heterocycles. The zero-order chi connectivity index (χ0) is 27.1. The predicted molar refractivity (Wildman–Crippen MR) is 145 cm³/mol. The third kappa shape index (κ3) is 7.63. The van der Waals surface area contributed by atoms with Crippen LogP contribution >= 0.6 is 11.8 Å². The summed E-state index contributed by atoms with van der Waals surface area (Å²) in [6.07, 6.45) is 2.04. The molecule has 0 radical (unpaired) electrons. The lowest BCUT2D eigenvalue weighted by Crippen LogP contribution is -2.54. The summed E-state index contributed by atoms with van der Waals surface area (Å²) in [4.78, 5) is 30.6. The average molecular weight is 546 g/mol. The van der Waals surface area contributed by atoms with Crippen LogP contribution in [0.25, 0.3) is 6.08 Å². The van der Waals surface area contributed by atoms with Gasteiger partial charge in [0.25, 0.3) is 5.91 Å². The van der Waals surface area contributed by atoms with Crippen LogP contribution in [0.1, 0.15) is 42.4 Å². The summed E-state index contributed by atoms with van der Waals surface area (Å²) in [6.45, 7) is 2.05. The lowest BCUT2D eigenvalue weighted by atomic mass is 9.93. The second-order valence-corrected chi connectivity index (χ2v) is 11.2. The van der Waals surface area contributed by atoms with Gasteiger partial charge in [0.2, 0.25) is 5.91 Å². The molecule has 2 amide bonds. The fourth-order valence-electron chi connectivity index (χ4n) is 4.95. The molecule has 0 spiro atoms. The van der Waals surface area contributed by atoms with Gasteiger partial charge in [-0.2, -0.15) is 13.2 Å². The molecule has 204 valence electrons. The van der Waals surface area contributed by atoms with E-state index in [-0.39, 0.29) is 29.7 Å². The number of benzene rings is 2. The average Bonchev–Trinajstić information content (AvgIpc) is 2.90. The smallest absolute Gasteiger partial charge is 0.353 e. The fraction of sp³-hybridized carbons (Fsp3) is 0.448. The van der Waals surface area contributed by atoms with Crippen molar-refractivity contribution < 1.29 is 22.8 Å². The number of amides is 2. The second kappa shape index (κ2) is 12.8. The summed E-state index contributed by atoms with van der Waals surface area (Å²) in [5.74, 6) is -0.423. The van der Waals surface area contributed by atoms with Crippen LogP contribution in [0.2, 0.25) is 0 Å². The van der Waals surface area contributed by atoms with Crippen molar-refractivity contribution in [2.45, 2.75) is 49.6 Å². The largest absolute Gasteiger partial charge is 0.416 e. The number of nitrogens with one attached hydrogen (secondary N) is 1. The van der Waals surface area contributed by atoms with Gasteiger partial charge in [-0.25, -0.2) is 0 Å². The van der Waals surface area contributed by atoms with Crippen LogP contribution in [0.3, 0.4) is 0 Å². The Kier molecular flexibility index (Phi) is 9.54. The number of carbonyl (C=O) groups is 2. The molecule has 4 rings (SSSR count). The molecule has 2 unspecified atom stereocenters. The molecule has 2 fully saturated rings. The molecule has 38 heavy (non-hydrogen) atoms. The highest BCUT2D eigenvalue weighted by Gasteiger charge is 2.41. The van der Waals surface area contributed by atoms with Crippen LogP contribution in [-0.2, 0) is 22.2 Å². The normalized spacial score (nSPS) is 21.0. The summed E-state index contributed by atoms with van der Waals surface area (Å²) < 4.78 is 38.8. The summed E-state index contributed by atoms with van der Waals surface area (Å²) >= 11 is 1.49. The summed E-state index contributed by atoms with van der Waals surface area (Å²) in [7, 11) is 2.02. The Morgan fingerprint density at radius 3 is 2.50 bits per heavy atom. The van der Waals surface area contributed by atoms with Crippen LogP contribution in [0.15, 0.2) is 59.5 Å². The molecule has 1 N–H and O–H groups in total. The standard InChI is InChI=1S/C29H34F3N3O2S/c1-34(17-15-21-7-3-2-4-8-21)18-16-33-27(36)20-35-24-9-5-6-10-25(24)38-26(28(35)37)19-22-11-13-23(14-12-22)29(30,31)32/h2-4,7-8,11-14,19,24-25H,5-6,9-10,15-18,20H2,1H3,(H,33,36)/b26-19-. The number of nitrogens with zero attached hydrogens (tertiary/aromatic N) is 2. The van der Waals surface area contributed by atoms with E-state index in [1.807, 2.05) is 25.2 Å². The van der Waals surface area contributed by atoms with Gasteiger partial charge in [-0.3, -0.25) is 9.59 Å². The van der Waals surface area contributed by atoms with E-state index in [2.05, 4.69) is 22.3 Å². The molecule has 0 bridgehead atoms. The van der Waals surface area contributed by atoms with E-state index in [1.54, 1.807) is 11.0 Å². The van der Waals surface area contributed by atoms with E-state index >= 15 is 0 Å². The van der Waals surface area contributed by atoms with Crippen molar-refractivity contribution in [2.24, 2.45) is 0 Å². The van der Waals surface area contributed by atoms with Gasteiger partial charge in [0.15, 0.2) is 0 Å². The van der Waals surface area contributed by atoms with Gasteiger partial charge < -0.3 is 15.1 Å². The number of hydrogen-bond acceptors (Lipinski definition) is 4. The lowest BCUT2D eigenvalue weighted by Gasteiger charge is -2.43. The first-order valence-corrected chi connectivity index (χ1v) is 13.9. The summed E-state index contributed by atoms with van der Waals surface area (Å²) in [5.41, 5.74) is 1.08. The predicted octanol–water partition coefficient (Wildman–Crippen LogP) is 5.22. The number of hydrogen-bond donors (Lipinski definition) is 1. The summed E-state index contributed by atoms with van der Waals surface area (Å²) in [6, 6.07) is 15.0. The van der Waals surface area contributed by atoms with Crippen LogP contribution in [0.4, 0.5) is 13.2 Å². The van der Waals surface area contributed by atoms with Gasteiger partial charge in [0.1, 0.15) is 6.54 Å². The Labute approximate surface area is 226 Å². The first-order valence-electron chi connectivity index (χ1n) is 13.1. The van der Waals surface area contributed by atoms with Gasteiger partial charge in [-0.05, 0) is 55.6 Å². The molecule has 1 heterocycles. The van der Waals surface area contributed by atoms with Gasteiger partial charge >= 0.3 is 6.18 Å². The monoisotopic (exact) mass is 545 g/mol. The second-order valence-electron chi connectivity index (χ2n) is 9.96. The summed E-state index contributed by atoms with van der Waals surface area (Å²) in [5, 5.41) is 3.13. The van der Waals surface area contributed by atoms with Crippen LogP contribution in [0, 0.1) is 0 Å². The van der Waals surface area contributed by atoms with Gasteiger partial charge in [-0.1, -0.05) is 55.3 Å². The zero-order valence-corrected chi connectivity index (χ0v) is 22.4. The molecule has 2 aromatic carbocycles. The number of rotatable bonds is 9. The maximum absolute atomic E-state index is 13.4. The van der Waals surface area contributed by atoms with Crippen LogP contribution in [-0.4, -0.2) is 66.1 Å². The maximum Gasteiger partial charge on any atom is 0.416 e. The number of likely N-dealkylation sites (N-methyl/N-ethyl adjacent to an activating group) is 1. The van der Waals surface area contributed by atoms with E-state index in [9.17, 15) is 22.8 Å². The third-order valence-corrected chi connectivity index (χ3v) is 8.51. The first kappa shape index (κ1) is 28.2. The number of alkyl halides is 3. The number of fused-ring (bicyclic) bond motifs is 1. The SMILES string of the molecule is CN(CCNC(=O)CN1C(=O)/C(=C/c2ccc(C(F)(F)F)cc2)SC2CCCCC21)CCc1ccccc1. The Morgan fingerprint density at radius 2 is 1.79 bits per heavy atom. The van der Waals surface area contributed by atoms with Crippen molar-refractivity contribution in [3.63, 3.8) is 0 Å². The molecule has 5 nitrogen and oxygen atoms in total. The molecule has 2 aromatic rings. The highest BCUT2D eigenvalue weighted by atomic mass is 32.2. The van der Waals surface area contributed by atoms with Gasteiger partial charge in [0, 0.05) is 30.9 Å². The highest BCUT2D eigenvalue weighted by molar-refractivity contribution is 8.04. The molecule has 1 saturated heterocycles. The van der Waals surface area contributed by atoms with E-state index in [4.69, 9.17) is 0 Å². The zero-order valence-electron chi connectivity index (χ0n) is 21.5. The minimum absolute atomic E-state index is 0.00898.